The summed E-state index contributed by atoms with van der Waals surface area (Å²) in [6, 6.07) is 0.0362. The van der Waals surface area contributed by atoms with E-state index in [0.29, 0.717) is 6.61 Å². The lowest BCUT2D eigenvalue weighted by Crippen LogP contribution is -2.31. The van der Waals surface area contributed by atoms with Crippen molar-refractivity contribution < 1.29 is 9.53 Å². The van der Waals surface area contributed by atoms with Crippen LogP contribution in [-0.2, 0) is 9.53 Å². The van der Waals surface area contributed by atoms with Crippen LogP contribution in [0.2, 0.25) is 0 Å². The highest BCUT2D eigenvalue weighted by atomic mass is 35.5. The fourth-order valence-electron chi connectivity index (χ4n) is 1.53. The third kappa shape index (κ3) is 2.64. The molecule has 0 aromatic rings. The molecule has 0 amide bonds. The van der Waals surface area contributed by atoms with E-state index in [1.807, 2.05) is 6.92 Å². The molecule has 0 aromatic heterocycles. The topological polar surface area (TPSA) is 52.3 Å². The van der Waals surface area contributed by atoms with Crippen LogP contribution in [-0.4, -0.2) is 18.6 Å². The van der Waals surface area contributed by atoms with Crippen molar-refractivity contribution >= 4 is 18.4 Å². The van der Waals surface area contributed by atoms with E-state index >= 15 is 0 Å². The zero-order valence-corrected chi connectivity index (χ0v) is 8.10. The molecule has 0 bridgehead atoms. The Balaban J connectivity index is 0.00000121. The van der Waals surface area contributed by atoms with Gasteiger partial charge in [0.1, 0.15) is 0 Å². The molecule has 12 heavy (non-hydrogen) atoms. The first-order valence-electron chi connectivity index (χ1n) is 4.18. The molecule has 1 saturated carbocycles. The third-order valence-electron chi connectivity index (χ3n) is 2.16. The minimum absolute atomic E-state index is 0. The highest BCUT2D eigenvalue weighted by Crippen LogP contribution is 2.24. The fraction of sp³-hybridized carbons (Fsp3) is 0.875. The van der Waals surface area contributed by atoms with Gasteiger partial charge in [0, 0.05) is 6.04 Å². The van der Waals surface area contributed by atoms with Gasteiger partial charge < -0.3 is 10.5 Å². The van der Waals surface area contributed by atoms with Gasteiger partial charge in [-0.15, -0.1) is 12.4 Å². The second kappa shape index (κ2) is 5.38. The summed E-state index contributed by atoms with van der Waals surface area (Å²) in [5, 5.41) is 0. The van der Waals surface area contributed by atoms with Crippen LogP contribution in [0.4, 0.5) is 0 Å². The summed E-state index contributed by atoms with van der Waals surface area (Å²) in [4.78, 5) is 11.2. The maximum Gasteiger partial charge on any atom is 0.310 e. The van der Waals surface area contributed by atoms with Crippen LogP contribution in [0.25, 0.3) is 0 Å². The molecule has 1 rings (SSSR count). The standard InChI is InChI=1S/C8H15NO2.ClH/c1-2-11-8(10)6-4-3-5-7(6)9;/h6-7H,2-5,9H2,1H3;1H/t6-,7-;/m0./s1. The number of ether oxygens (including phenoxy) is 1. The first-order valence-corrected chi connectivity index (χ1v) is 4.18. The van der Waals surface area contributed by atoms with E-state index in [2.05, 4.69) is 0 Å². The van der Waals surface area contributed by atoms with E-state index < -0.39 is 0 Å². The lowest BCUT2D eigenvalue weighted by atomic mass is 10.1. The van der Waals surface area contributed by atoms with Crippen LogP contribution in [0.15, 0.2) is 0 Å². The molecule has 0 radical (unpaired) electrons. The average molecular weight is 194 g/mol. The summed E-state index contributed by atoms with van der Waals surface area (Å²) in [6.45, 7) is 2.28. The predicted molar refractivity (Wildman–Crippen MR) is 49.2 cm³/mol. The Morgan fingerprint density at radius 1 is 1.58 bits per heavy atom. The van der Waals surface area contributed by atoms with E-state index in [-0.39, 0.29) is 30.3 Å². The molecule has 0 aliphatic heterocycles. The summed E-state index contributed by atoms with van der Waals surface area (Å²) < 4.78 is 4.88. The largest absolute Gasteiger partial charge is 0.466 e. The third-order valence-corrected chi connectivity index (χ3v) is 2.16. The van der Waals surface area contributed by atoms with E-state index in [9.17, 15) is 4.79 Å². The number of esters is 1. The normalized spacial score (nSPS) is 27.8. The van der Waals surface area contributed by atoms with Gasteiger partial charge in [0.05, 0.1) is 12.5 Å². The van der Waals surface area contributed by atoms with Gasteiger partial charge in [-0.3, -0.25) is 4.79 Å². The second-order valence-electron chi connectivity index (χ2n) is 2.95. The Labute approximate surface area is 79.1 Å². The molecule has 0 unspecified atom stereocenters. The summed E-state index contributed by atoms with van der Waals surface area (Å²) in [7, 11) is 0. The van der Waals surface area contributed by atoms with Crippen LogP contribution in [0.3, 0.4) is 0 Å². The molecular formula is C8H16ClNO2. The van der Waals surface area contributed by atoms with Gasteiger partial charge in [-0.2, -0.15) is 0 Å². The van der Waals surface area contributed by atoms with Gasteiger partial charge in [0.15, 0.2) is 0 Å². The molecule has 1 fully saturated rings. The van der Waals surface area contributed by atoms with Crippen molar-refractivity contribution in [2.45, 2.75) is 32.2 Å². The molecule has 72 valence electrons. The maximum atomic E-state index is 11.2. The van der Waals surface area contributed by atoms with Gasteiger partial charge in [0.25, 0.3) is 0 Å². The SMILES string of the molecule is CCOC(=O)[C@H]1CCC[C@@H]1N.Cl. The van der Waals surface area contributed by atoms with Crippen molar-refractivity contribution in [3.05, 3.63) is 0 Å². The first kappa shape index (κ1) is 11.7. The number of hydrogen-bond acceptors (Lipinski definition) is 3. The van der Waals surface area contributed by atoms with E-state index in [4.69, 9.17) is 10.5 Å². The average Bonchev–Trinajstić information content (AvgIpc) is 2.36. The molecule has 1 aliphatic rings. The Hall–Kier alpha value is -0.280. The summed E-state index contributed by atoms with van der Waals surface area (Å²) in [5.41, 5.74) is 5.71. The molecule has 4 heteroatoms. The van der Waals surface area contributed by atoms with Crippen LogP contribution in [0.1, 0.15) is 26.2 Å². The summed E-state index contributed by atoms with van der Waals surface area (Å²) in [5.74, 6) is -0.146. The van der Waals surface area contributed by atoms with Gasteiger partial charge >= 0.3 is 5.97 Å². The first-order chi connectivity index (χ1) is 5.25. The van der Waals surface area contributed by atoms with Gasteiger partial charge in [-0.25, -0.2) is 0 Å². The monoisotopic (exact) mass is 193 g/mol. The number of halogens is 1. The molecule has 0 heterocycles. The van der Waals surface area contributed by atoms with E-state index in [1.165, 1.54) is 0 Å². The van der Waals surface area contributed by atoms with Crippen LogP contribution < -0.4 is 5.73 Å². The molecule has 0 aromatic carbocycles. The predicted octanol–water partition coefficient (Wildman–Crippen LogP) is 1.10. The van der Waals surface area contributed by atoms with E-state index in [1.54, 1.807) is 0 Å². The minimum atomic E-state index is -0.113. The molecule has 2 N–H and O–H groups in total. The Morgan fingerprint density at radius 3 is 2.67 bits per heavy atom. The van der Waals surface area contributed by atoms with Crippen LogP contribution in [0.5, 0.6) is 0 Å². The van der Waals surface area contributed by atoms with Gasteiger partial charge in [-0.05, 0) is 19.8 Å². The second-order valence-corrected chi connectivity index (χ2v) is 2.95. The zero-order valence-electron chi connectivity index (χ0n) is 7.29. The van der Waals surface area contributed by atoms with Crippen LogP contribution >= 0.6 is 12.4 Å². The van der Waals surface area contributed by atoms with Crippen molar-refractivity contribution in [2.24, 2.45) is 11.7 Å². The number of carbonyl (C=O) groups excluding carboxylic acids is 1. The molecule has 0 saturated heterocycles. The van der Waals surface area contributed by atoms with Crippen molar-refractivity contribution in [2.75, 3.05) is 6.61 Å². The maximum absolute atomic E-state index is 11.2. The van der Waals surface area contributed by atoms with Crippen molar-refractivity contribution in [3.63, 3.8) is 0 Å². The number of rotatable bonds is 2. The Bertz CT molecular complexity index is 152. The highest BCUT2D eigenvalue weighted by molar-refractivity contribution is 5.85. The lowest BCUT2D eigenvalue weighted by Gasteiger charge is -2.12. The van der Waals surface area contributed by atoms with Crippen molar-refractivity contribution in [3.8, 4) is 0 Å². The molecule has 2 atom stereocenters. The molecule has 1 aliphatic carbocycles. The molecule has 0 spiro atoms. The minimum Gasteiger partial charge on any atom is -0.466 e. The van der Waals surface area contributed by atoms with Crippen molar-refractivity contribution in [1.29, 1.82) is 0 Å². The summed E-state index contributed by atoms with van der Waals surface area (Å²) >= 11 is 0. The molecular weight excluding hydrogens is 178 g/mol. The zero-order chi connectivity index (χ0) is 8.27. The highest BCUT2D eigenvalue weighted by Gasteiger charge is 2.31. The van der Waals surface area contributed by atoms with Crippen molar-refractivity contribution in [1.82, 2.24) is 0 Å². The Kier molecular flexibility index (Phi) is 5.25. The number of hydrogen-bond donors (Lipinski definition) is 1. The molecule has 3 nitrogen and oxygen atoms in total. The van der Waals surface area contributed by atoms with E-state index in [0.717, 1.165) is 19.3 Å². The Morgan fingerprint density at radius 2 is 2.25 bits per heavy atom. The van der Waals surface area contributed by atoms with Gasteiger partial charge in [-0.1, -0.05) is 6.42 Å². The number of nitrogens with two attached hydrogens (primary N) is 1. The quantitative estimate of drug-likeness (QED) is 0.669. The fourth-order valence-corrected chi connectivity index (χ4v) is 1.53. The summed E-state index contributed by atoms with van der Waals surface area (Å²) in [6.07, 6.45) is 2.92. The number of carbonyl (C=O) groups is 1. The smallest absolute Gasteiger partial charge is 0.310 e. The van der Waals surface area contributed by atoms with Crippen LogP contribution in [0, 0.1) is 5.92 Å². The lowest BCUT2D eigenvalue weighted by molar-refractivity contribution is -0.148. The van der Waals surface area contributed by atoms with Gasteiger partial charge in [0.2, 0.25) is 0 Å².